The van der Waals surface area contributed by atoms with Gasteiger partial charge in [-0.3, -0.25) is 4.79 Å². The first-order valence-corrected chi connectivity index (χ1v) is 7.34. The second-order valence-corrected chi connectivity index (χ2v) is 5.26. The van der Waals surface area contributed by atoms with Crippen LogP contribution in [-0.2, 0) is 0 Å². The van der Waals surface area contributed by atoms with E-state index in [9.17, 15) is 9.18 Å². The third-order valence-corrected chi connectivity index (χ3v) is 3.29. The Bertz CT molecular complexity index is 848. The molecule has 1 amide bonds. The molecule has 6 heteroatoms. The van der Waals surface area contributed by atoms with Gasteiger partial charge in [-0.2, -0.15) is 0 Å². The average Bonchev–Trinajstić information content (AvgIpc) is 2.57. The fourth-order valence-electron chi connectivity index (χ4n) is 2.12. The molecule has 0 spiro atoms. The van der Waals surface area contributed by atoms with E-state index in [1.54, 1.807) is 12.1 Å². The molecule has 0 aliphatic carbocycles. The maximum absolute atomic E-state index is 12.9. The van der Waals surface area contributed by atoms with Crippen LogP contribution in [0.1, 0.15) is 16.1 Å². The van der Waals surface area contributed by atoms with Crippen LogP contribution in [-0.4, -0.2) is 16.1 Å². The molecule has 0 unspecified atom stereocenters. The molecular weight excluding hydrogens is 307 g/mol. The molecule has 120 valence electrons. The molecule has 1 aromatic heterocycles. The van der Waals surface area contributed by atoms with Crippen LogP contribution in [0, 0.1) is 12.7 Å². The van der Waals surface area contributed by atoms with Gasteiger partial charge in [0.25, 0.3) is 5.91 Å². The molecular formula is C18H15FN4O. The highest BCUT2D eigenvalue weighted by molar-refractivity contribution is 6.02. The molecule has 2 aromatic carbocycles. The number of benzene rings is 2. The quantitative estimate of drug-likeness (QED) is 0.764. The summed E-state index contributed by atoms with van der Waals surface area (Å²) in [7, 11) is 0. The SMILES string of the molecule is Cc1cccc(Nc2ccc(C(=O)Nc3ccc(F)cc3)nn2)c1. The van der Waals surface area contributed by atoms with Gasteiger partial charge < -0.3 is 10.6 Å². The summed E-state index contributed by atoms with van der Waals surface area (Å²) in [6, 6.07) is 16.6. The second-order valence-electron chi connectivity index (χ2n) is 5.26. The van der Waals surface area contributed by atoms with Gasteiger partial charge in [-0.05, 0) is 61.0 Å². The molecule has 0 saturated carbocycles. The van der Waals surface area contributed by atoms with Crippen molar-refractivity contribution in [1.29, 1.82) is 0 Å². The third-order valence-electron chi connectivity index (χ3n) is 3.29. The maximum Gasteiger partial charge on any atom is 0.276 e. The lowest BCUT2D eigenvalue weighted by Gasteiger charge is -2.07. The fraction of sp³-hybridized carbons (Fsp3) is 0.0556. The van der Waals surface area contributed by atoms with E-state index in [4.69, 9.17) is 0 Å². The van der Waals surface area contributed by atoms with Gasteiger partial charge >= 0.3 is 0 Å². The van der Waals surface area contributed by atoms with Gasteiger partial charge in [-0.25, -0.2) is 4.39 Å². The largest absolute Gasteiger partial charge is 0.339 e. The molecule has 5 nitrogen and oxygen atoms in total. The van der Waals surface area contributed by atoms with Crippen LogP contribution in [0.2, 0.25) is 0 Å². The molecule has 0 atom stereocenters. The van der Waals surface area contributed by atoms with Crippen LogP contribution in [0.15, 0.2) is 60.7 Å². The number of carbonyl (C=O) groups is 1. The first-order valence-electron chi connectivity index (χ1n) is 7.34. The Morgan fingerprint density at radius 2 is 1.75 bits per heavy atom. The summed E-state index contributed by atoms with van der Waals surface area (Å²) >= 11 is 0. The summed E-state index contributed by atoms with van der Waals surface area (Å²) in [5.41, 5.74) is 2.69. The van der Waals surface area contributed by atoms with Gasteiger partial charge in [0, 0.05) is 11.4 Å². The molecule has 0 bridgehead atoms. The van der Waals surface area contributed by atoms with E-state index >= 15 is 0 Å². The van der Waals surface area contributed by atoms with Crippen LogP contribution in [0.5, 0.6) is 0 Å². The lowest BCUT2D eigenvalue weighted by molar-refractivity contribution is 0.102. The monoisotopic (exact) mass is 322 g/mol. The molecule has 0 fully saturated rings. The number of carbonyl (C=O) groups excluding carboxylic acids is 1. The Morgan fingerprint density at radius 1 is 0.958 bits per heavy atom. The zero-order valence-electron chi connectivity index (χ0n) is 13.0. The smallest absolute Gasteiger partial charge is 0.276 e. The Balaban J connectivity index is 1.67. The molecule has 3 aromatic rings. The van der Waals surface area contributed by atoms with Gasteiger partial charge in [-0.15, -0.1) is 10.2 Å². The predicted molar refractivity (Wildman–Crippen MR) is 90.8 cm³/mol. The number of hydrogen-bond donors (Lipinski definition) is 2. The number of rotatable bonds is 4. The number of hydrogen-bond acceptors (Lipinski definition) is 4. The van der Waals surface area contributed by atoms with Crippen LogP contribution in [0.4, 0.5) is 21.6 Å². The number of amides is 1. The minimum Gasteiger partial charge on any atom is -0.339 e. The Hall–Kier alpha value is -3.28. The zero-order chi connectivity index (χ0) is 16.9. The van der Waals surface area contributed by atoms with Gasteiger partial charge in [-0.1, -0.05) is 12.1 Å². The number of nitrogens with one attached hydrogen (secondary N) is 2. The van der Waals surface area contributed by atoms with E-state index in [-0.39, 0.29) is 11.5 Å². The summed E-state index contributed by atoms with van der Waals surface area (Å²) in [6.07, 6.45) is 0. The molecule has 2 N–H and O–H groups in total. The predicted octanol–water partition coefficient (Wildman–Crippen LogP) is 3.92. The lowest BCUT2D eigenvalue weighted by atomic mass is 10.2. The van der Waals surface area contributed by atoms with Crippen molar-refractivity contribution in [3.8, 4) is 0 Å². The normalized spacial score (nSPS) is 10.2. The zero-order valence-corrected chi connectivity index (χ0v) is 13.0. The van der Waals surface area contributed by atoms with Crippen molar-refractivity contribution >= 4 is 23.1 Å². The van der Waals surface area contributed by atoms with Crippen molar-refractivity contribution < 1.29 is 9.18 Å². The van der Waals surface area contributed by atoms with E-state index in [0.29, 0.717) is 11.5 Å². The average molecular weight is 322 g/mol. The van der Waals surface area contributed by atoms with E-state index in [1.165, 1.54) is 24.3 Å². The summed E-state index contributed by atoms with van der Waals surface area (Å²) in [4.78, 5) is 12.1. The van der Waals surface area contributed by atoms with Gasteiger partial charge in [0.2, 0.25) is 0 Å². The molecule has 24 heavy (non-hydrogen) atoms. The first kappa shape index (κ1) is 15.6. The van der Waals surface area contributed by atoms with Crippen molar-refractivity contribution in [3.05, 3.63) is 77.7 Å². The van der Waals surface area contributed by atoms with Crippen LogP contribution in [0.25, 0.3) is 0 Å². The Labute approximate surface area is 138 Å². The van der Waals surface area contributed by atoms with Crippen molar-refractivity contribution in [2.75, 3.05) is 10.6 Å². The molecule has 0 saturated heterocycles. The minimum atomic E-state index is -0.406. The molecule has 3 rings (SSSR count). The van der Waals surface area contributed by atoms with E-state index in [0.717, 1.165) is 11.3 Å². The van der Waals surface area contributed by atoms with Crippen LogP contribution < -0.4 is 10.6 Å². The summed E-state index contributed by atoms with van der Waals surface area (Å²) < 4.78 is 12.9. The fourth-order valence-corrected chi connectivity index (χ4v) is 2.12. The highest BCUT2D eigenvalue weighted by Gasteiger charge is 2.09. The maximum atomic E-state index is 12.9. The van der Waals surface area contributed by atoms with E-state index in [2.05, 4.69) is 20.8 Å². The molecule has 0 radical (unpaired) electrons. The van der Waals surface area contributed by atoms with Gasteiger partial charge in [0.05, 0.1) is 0 Å². The standard InChI is InChI=1S/C18H15FN4O/c1-12-3-2-4-15(11-12)20-17-10-9-16(22-23-17)18(24)21-14-7-5-13(19)6-8-14/h2-11H,1H3,(H,20,23)(H,21,24). The summed E-state index contributed by atoms with van der Waals surface area (Å²) in [5.74, 6) is -0.227. The highest BCUT2D eigenvalue weighted by Crippen LogP contribution is 2.15. The third kappa shape index (κ3) is 3.92. The number of nitrogens with zero attached hydrogens (tertiary/aromatic N) is 2. The molecule has 0 aliphatic heterocycles. The van der Waals surface area contributed by atoms with Crippen LogP contribution >= 0.6 is 0 Å². The number of aryl methyl sites for hydroxylation is 1. The number of anilines is 3. The van der Waals surface area contributed by atoms with Gasteiger partial charge in [0.1, 0.15) is 5.82 Å². The summed E-state index contributed by atoms with van der Waals surface area (Å²) in [6.45, 7) is 2.00. The minimum absolute atomic E-state index is 0.175. The number of halogens is 1. The van der Waals surface area contributed by atoms with Crippen LogP contribution in [0.3, 0.4) is 0 Å². The topological polar surface area (TPSA) is 66.9 Å². The Kier molecular flexibility index (Phi) is 4.47. The van der Waals surface area contributed by atoms with Crippen molar-refractivity contribution in [2.24, 2.45) is 0 Å². The number of aromatic nitrogens is 2. The Morgan fingerprint density at radius 3 is 2.42 bits per heavy atom. The van der Waals surface area contributed by atoms with Gasteiger partial charge in [0.15, 0.2) is 11.5 Å². The summed E-state index contributed by atoms with van der Waals surface area (Å²) in [5, 5.41) is 13.7. The van der Waals surface area contributed by atoms with Crippen molar-refractivity contribution in [3.63, 3.8) is 0 Å². The highest BCUT2D eigenvalue weighted by atomic mass is 19.1. The van der Waals surface area contributed by atoms with Crippen molar-refractivity contribution in [1.82, 2.24) is 10.2 Å². The van der Waals surface area contributed by atoms with E-state index in [1.807, 2.05) is 31.2 Å². The second kappa shape index (κ2) is 6.87. The molecule has 1 heterocycles. The first-order chi connectivity index (χ1) is 11.6. The van der Waals surface area contributed by atoms with Crippen molar-refractivity contribution in [2.45, 2.75) is 6.92 Å². The molecule has 0 aliphatic rings. The van der Waals surface area contributed by atoms with E-state index < -0.39 is 5.91 Å². The lowest BCUT2D eigenvalue weighted by Crippen LogP contribution is -2.14.